The third-order valence-corrected chi connectivity index (χ3v) is 3.08. The van der Waals surface area contributed by atoms with Crippen LogP contribution >= 0.6 is 0 Å². The number of hydrogen-bond acceptors (Lipinski definition) is 2. The molecule has 0 saturated heterocycles. The number of carboxylic acids is 1. The summed E-state index contributed by atoms with van der Waals surface area (Å²) in [4.78, 5) is 22.2. The molecule has 2 N–H and O–H groups in total. The zero-order valence-electron chi connectivity index (χ0n) is 9.61. The number of allylic oxidation sites excluding steroid dienone is 1. The predicted molar refractivity (Wildman–Crippen MR) is 60.9 cm³/mol. The first-order valence-corrected chi connectivity index (χ1v) is 5.78. The van der Waals surface area contributed by atoms with Gasteiger partial charge in [0.05, 0.1) is 5.92 Å². The third-order valence-electron chi connectivity index (χ3n) is 3.08. The minimum absolute atomic E-state index is 0.0838. The van der Waals surface area contributed by atoms with E-state index in [-0.39, 0.29) is 17.7 Å². The molecule has 16 heavy (non-hydrogen) atoms. The standard InChI is InChI=1S/C12H19NO3/c1-2-5-11(14)13-8-9-6-3-4-7-10(9)12(15)16/h2,5,9-10H,3-4,6-8H2,1H3,(H,13,14)(H,15,16)/b5-2+/t9-,10-/m0/s1. The number of nitrogens with one attached hydrogen (secondary N) is 1. The molecule has 0 unspecified atom stereocenters. The number of aliphatic carboxylic acids is 1. The summed E-state index contributed by atoms with van der Waals surface area (Å²) in [5, 5.41) is 11.8. The van der Waals surface area contributed by atoms with Crippen molar-refractivity contribution >= 4 is 11.9 Å². The summed E-state index contributed by atoms with van der Waals surface area (Å²) >= 11 is 0. The zero-order valence-corrected chi connectivity index (χ0v) is 9.61. The maximum absolute atomic E-state index is 11.2. The Hall–Kier alpha value is -1.32. The zero-order chi connectivity index (χ0) is 12.0. The Labute approximate surface area is 95.7 Å². The second-order valence-electron chi connectivity index (χ2n) is 4.23. The van der Waals surface area contributed by atoms with Crippen LogP contribution in [0.4, 0.5) is 0 Å². The molecule has 2 atom stereocenters. The molecular weight excluding hydrogens is 206 g/mol. The Morgan fingerprint density at radius 1 is 1.38 bits per heavy atom. The molecule has 0 heterocycles. The molecule has 0 aromatic rings. The molecular formula is C12H19NO3. The van der Waals surface area contributed by atoms with Crippen LogP contribution in [0.25, 0.3) is 0 Å². The summed E-state index contributed by atoms with van der Waals surface area (Å²) in [7, 11) is 0. The van der Waals surface area contributed by atoms with Crippen molar-refractivity contribution in [1.29, 1.82) is 0 Å². The van der Waals surface area contributed by atoms with Crippen molar-refractivity contribution in [3.8, 4) is 0 Å². The highest BCUT2D eigenvalue weighted by Gasteiger charge is 2.30. The lowest BCUT2D eigenvalue weighted by molar-refractivity contribution is -0.145. The van der Waals surface area contributed by atoms with Gasteiger partial charge in [0.15, 0.2) is 0 Å². The van der Waals surface area contributed by atoms with E-state index in [0.29, 0.717) is 6.54 Å². The maximum atomic E-state index is 11.2. The molecule has 4 nitrogen and oxygen atoms in total. The maximum Gasteiger partial charge on any atom is 0.306 e. The van der Waals surface area contributed by atoms with Crippen LogP contribution in [0.2, 0.25) is 0 Å². The minimum Gasteiger partial charge on any atom is -0.481 e. The minimum atomic E-state index is -0.731. The fourth-order valence-electron chi connectivity index (χ4n) is 2.22. The molecule has 1 fully saturated rings. The average molecular weight is 225 g/mol. The van der Waals surface area contributed by atoms with Crippen molar-refractivity contribution < 1.29 is 14.7 Å². The smallest absolute Gasteiger partial charge is 0.306 e. The molecule has 90 valence electrons. The Balaban J connectivity index is 2.44. The van der Waals surface area contributed by atoms with Gasteiger partial charge >= 0.3 is 5.97 Å². The quantitative estimate of drug-likeness (QED) is 0.714. The molecule has 1 rings (SSSR count). The lowest BCUT2D eigenvalue weighted by Crippen LogP contribution is -2.36. The topological polar surface area (TPSA) is 66.4 Å². The number of carboxylic acid groups (broad SMARTS) is 1. The van der Waals surface area contributed by atoms with Gasteiger partial charge in [-0.1, -0.05) is 18.9 Å². The number of hydrogen-bond donors (Lipinski definition) is 2. The summed E-state index contributed by atoms with van der Waals surface area (Å²) in [6.07, 6.45) is 6.81. The fourth-order valence-corrected chi connectivity index (χ4v) is 2.22. The van der Waals surface area contributed by atoms with Gasteiger partial charge in [-0.2, -0.15) is 0 Å². The van der Waals surface area contributed by atoms with E-state index in [2.05, 4.69) is 5.32 Å². The summed E-state index contributed by atoms with van der Waals surface area (Å²) in [5.41, 5.74) is 0. The predicted octanol–water partition coefficient (Wildman–Crippen LogP) is 1.57. The van der Waals surface area contributed by atoms with Gasteiger partial charge in [0, 0.05) is 6.54 Å². The normalized spacial score (nSPS) is 25.6. The molecule has 1 aliphatic carbocycles. The summed E-state index contributed by atoms with van der Waals surface area (Å²) in [5.74, 6) is -1.08. The molecule has 4 heteroatoms. The SMILES string of the molecule is C/C=C/C(=O)NC[C@@H]1CCCC[C@@H]1C(=O)O. The molecule has 0 aromatic carbocycles. The lowest BCUT2D eigenvalue weighted by Gasteiger charge is -2.28. The van der Waals surface area contributed by atoms with Gasteiger partial charge in [-0.15, -0.1) is 0 Å². The second kappa shape index (κ2) is 6.30. The molecule has 0 spiro atoms. The van der Waals surface area contributed by atoms with Crippen molar-refractivity contribution in [3.63, 3.8) is 0 Å². The van der Waals surface area contributed by atoms with Gasteiger partial charge in [0.25, 0.3) is 0 Å². The third kappa shape index (κ3) is 3.68. The highest BCUT2D eigenvalue weighted by Crippen LogP contribution is 2.29. The van der Waals surface area contributed by atoms with E-state index in [1.807, 2.05) is 0 Å². The summed E-state index contributed by atoms with van der Waals surface area (Å²) in [6.45, 7) is 2.25. The Morgan fingerprint density at radius 3 is 2.69 bits per heavy atom. The monoisotopic (exact) mass is 225 g/mol. The van der Waals surface area contributed by atoms with Crippen LogP contribution in [0.3, 0.4) is 0 Å². The average Bonchev–Trinajstić information content (AvgIpc) is 2.27. The highest BCUT2D eigenvalue weighted by molar-refractivity contribution is 5.87. The summed E-state index contributed by atoms with van der Waals surface area (Å²) in [6, 6.07) is 0. The van der Waals surface area contributed by atoms with Gasteiger partial charge in [0.1, 0.15) is 0 Å². The number of carbonyl (C=O) groups is 2. The van der Waals surface area contributed by atoms with Gasteiger partial charge < -0.3 is 10.4 Å². The molecule has 1 amide bonds. The highest BCUT2D eigenvalue weighted by atomic mass is 16.4. The van der Waals surface area contributed by atoms with Gasteiger partial charge in [-0.3, -0.25) is 9.59 Å². The van der Waals surface area contributed by atoms with E-state index in [1.165, 1.54) is 6.08 Å². The van der Waals surface area contributed by atoms with Crippen LogP contribution in [-0.4, -0.2) is 23.5 Å². The molecule has 1 saturated carbocycles. The Bertz CT molecular complexity index is 286. The van der Waals surface area contributed by atoms with E-state index in [4.69, 9.17) is 5.11 Å². The van der Waals surface area contributed by atoms with E-state index in [9.17, 15) is 9.59 Å². The molecule has 0 aromatic heterocycles. The number of carbonyl (C=O) groups excluding carboxylic acids is 1. The van der Waals surface area contributed by atoms with Crippen molar-refractivity contribution in [2.45, 2.75) is 32.6 Å². The van der Waals surface area contributed by atoms with Gasteiger partial charge in [-0.25, -0.2) is 0 Å². The largest absolute Gasteiger partial charge is 0.481 e. The van der Waals surface area contributed by atoms with Crippen molar-refractivity contribution in [2.75, 3.05) is 6.54 Å². The van der Waals surface area contributed by atoms with Crippen molar-refractivity contribution in [2.24, 2.45) is 11.8 Å². The summed E-state index contributed by atoms with van der Waals surface area (Å²) < 4.78 is 0. The molecule has 0 aliphatic heterocycles. The van der Waals surface area contributed by atoms with Crippen LogP contribution in [-0.2, 0) is 9.59 Å². The number of amides is 1. The van der Waals surface area contributed by atoms with E-state index in [0.717, 1.165) is 25.7 Å². The van der Waals surface area contributed by atoms with E-state index >= 15 is 0 Å². The fraction of sp³-hybridized carbons (Fsp3) is 0.667. The number of rotatable bonds is 4. The van der Waals surface area contributed by atoms with E-state index in [1.54, 1.807) is 13.0 Å². The first-order valence-electron chi connectivity index (χ1n) is 5.78. The molecule has 0 bridgehead atoms. The van der Waals surface area contributed by atoms with E-state index < -0.39 is 5.97 Å². The Morgan fingerprint density at radius 2 is 2.06 bits per heavy atom. The first-order chi connectivity index (χ1) is 7.65. The molecule has 0 radical (unpaired) electrons. The lowest BCUT2D eigenvalue weighted by atomic mass is 9.79. The van der Waals surface area contributed by atoms with Crippen molar-refractivity contribution in [3.05, 3.63) is 12.2 Å². The second-order valence-corrected chi connectivity index (χ2v) is 4.23. The van der Waals surface area contributed by atoms with Crippen LogP contribution in [0.15, 0.2) is 12.2 Å². The molecule has 1 aliphatic rings. The first kappa shape index (κ1) is 12.7. The Kier molecular flexibility index (Phi) is 5.02. The van der Waals surface area contributed by atoms with Gasteiger partial charge in [-0.05, 0) is 31.8 Å². The van der Waals surface area contributed by atoms with Crippen molar-refractivity contribution in [1.82, 2.24) is 5.32 Å². The van der Waals surface area contributed by atoms with Gasteiger partial charge in [0.2, 0.25) is 5.91 Å². The van der Waals surface area contributed by atoms with Crippen LogP contribution < -0.4 is 5.32 Å². The van der Waals surface area contributed by atoms with Crippen LogP contribution in [0.5, 0.6) is 0 Å². The van der Waals surface area contributed by atoms with Crippen LogP contribution in [0.1, 0.15) is 32.6 Å². The van der Waals surface area contributed by atoms with Crippen LogP contribution in [0, 0.1) is 11.8 Å².